The van der Waals surface area contributed by atoms with E-state index in [9.17, 15) is 14.4 Å². The fourth-order valence-electron chi connectivity index (χ4n) is 1.04. The molecule has 0 saturated carbocycles. The second kappa shape index (κ2) is 3.26. The molecule has 0 radical (unpaired) electrons. The lowest BCUT2D eigenvalue weighted by Crippen LogP contribution is -2.34. The third-order valence-electron chi connectivity index (χ3n) is 1.64. The Kier molecular flexibility index (Phi) is 2.32. The molecule has 0 aliphatic carbocycles. The van der Waals surface area contributed by atoms with Gasteiger partial charge in [-0.3, -0.25) is 4.79 Å². The highest BCUT2D eigenvalue weighted by Crippen LogP contribution is 2.15. The average molecular weight is 185 g/mol. The molecule has 1 amide bonds. The molecular formula is C7H7NO5. The minimum absolute atomic E-state index is 0.0123. The SMILES string of the molecule is O=C1CCC(C(=O)O)=C(C(=O)O)N1. The summed E-state index contributed by atoms with van der Waals surface area (Å²) in [5.41, 5.74) is -0.782. The largest absolute Gasteiger partial charge is 0.478 e. The van der Waals surface area contributed by atoms with Crippen molar-refractivity contribution in [2.45, 2.75) is 12.8 Å². The van der Waals surface area contributed by atoms with Gasteiger partial charge in [0.1, 0.15) is 5.70 Å². The van der Waals surface area contributed by atoms with Crippen molar-refractivity contribution < 1.29 is 24.6 Å². The predicted molar refractivity (Wildman–Crippen MR) is 39.7 cm³/mol. The summed E-state index contributed by atoms with van der Waals surface area (Å²) >= 11 is 0. The van der Waals surface area contributed by atoms with Crippen LogP contribution in [0, 0.1) is 0 Å². The quantitative estimate of drug-likeness (QED) is 0.528. The van der Waals surface area contributed by atoms with Crippen molar-refractivity contribution in [1.82, 2.24) is 5.32 Å². The van der Waals surface area contributed by atoms with E-state index in [1.54, 1.807) is 0 Å². The highest BCUT2D eigenvalue weighted by atomic mass is 16.4. The number of carbonyl (C=O) groups excluding carboxylic acids is 1. The molecule has 0 aromatic carbocycles. The van der Waals surface area contributed by atoms with E-state index in [0.717, 1.165) is 0 Å². The number of rotatable bonds is 2. The Morgan fingerprint density at radius 3 is 2.23 bits per heavy atom. The van der Waals surface area contributed by atoms with Crippen LogP contribution in [-0.2, 0) is 14.4 Å². The van der Waals surface area contributed by atoms with Crippen LogP contribution in [0.15, 0.2) is 11.3 Å². The summed E-state index contributed by atoms with van der Waals surface area (Å²) in [4.78, 5) is 31.7. The summed E-state index contributed by atoms with van der Waals surface area (Å²) in [6.07, 6.45) is -0.0266. The first-order chi connectivity index (χ1) is 6.02. The molecule has 3 N–H and O–H groups in total. The van der Waals surface area contributed by atoms with Gasteiger partial charge in [-0.2, -0.15) is 0 Å². The van der Waals surface area contributed by atoms with Gasteiger partial charge in [-0.25, -0.2) is 9.59 Å². The summed E-state index contributed by atoms with van der Waals surface area (Å²) in [5.74, 6) is -3.20. The van der Waals surface area contributed by atoms with Gasteiger partial charge in [0, 0.05) is 6.42 Å². The van der Waals surface area contributed by atoms with Crippen molar-refractivity contribution >= 4 is 17.8 Å². The third-order valence-corrected chi connectivity index (χ3v) is 1.64. The summed E-state index contributed by atoms with van der Waals surface area (Å²) in [6.45, 7) is 0. The molecule has 1 aliphatic rings. The normalized spacial score (nSPS) is 16.8. The van der Waals surface area contributed by atoms with Crippen LogP contribution < -0.4 is 5.32 Å². The second-order valence-corrected chi connectivity index (χ2v) is 2.51. The van der Waals surface area contributed by atoms with Crippen LogP contribution in [0.1, 0.15) is 12.8 Å². The van der Waals surface area contributed by atoms with Crippen molar-refractivity contribution in [3.05, 3.63) is 11.3 Å². The molecule has 1 aliphatic heterocycles. The van der Waals surface area contributed by atoms with Crippen LogP contribution in [0.5, 0.6) is 0 Å². The first-order valence-electron chi connectivity index (χ1n) is 3.52. The fourth-order valence-corrected chi connectivity index (χ4v) is 1.04. The number of amides is 1. The molecule has 0 fully saturated rings. The zero-order valence-electron chi connectivity index (χ0n) is 6.53. The molecule has 0 aromatic heterocycles. The van der Waals surface area contributed by atoms with Crippen LogP contribution in [0.4, 0.5) is 0 Å². The summed E-state index contributed by atoms with van der Waals surface area (Å²) in [7, 11) is 0. The molecule has 6 heteroatoms. The van der Waals surface area contributed by atoms with Gasteiger partial charge >= 0.3 is 11.9 Å². The lowest BCUT2D eigenvalue weighted by atomic mass is 10.0. The van der Waals surface area contributed by atoms with Crippen LogP contribution in [-0.4, -0.2) is 28.1 Å². The van der Waals surface area contributed by atoms with E-state index in [2.05, 4.69) is 0 Å². The van der Waals surface area contributed by atoms with Crippen LogP contribution in [0.25, 0.3) is 0 Å². The minimum Gasteiger partial charge on any atom is -0.478 e. The van der Waals surface area contributed by atoms with Gasteiger partial charge in [0.15, 0.2) is 0 Å². The highest BCUT2D eigenvalue weighted by Gasteiger charge is 2.26. The Labute approximate surface area is 72.9 Å². The molecule has 0 bridgehead atoms. The fraction of sp³-hybridized carbons (Fsp3) is 0.286. The zero-order valence-corrected chi connectivity index (χ0v) is 6.53. The van der Waals surface area contributed by atoms with Gasteiger partial charge in [0.2, 0.25) is 5.91 Å². The summed E-state index contributed by atoms with van der Waals surface area (Å²) in [6, 6.07) is 0. The van der Waals surface area contributed by atoms with Crippen molar-refractivity contribution in [1.29, 1.82) is 0 Å². The monoisotopic (exact) mass is 185 g/mol. The Balaban J connectivity index is 3.07. The van der Waals surface area contributed by atoms with Gasteiger partial charge in [-0.1, -0.05) is 0 Å². The van der Waals surface area contributed by atoms with Crippen LogP contribution in [0.3, 0.4) is 0 Å². The molecule has 1 heterocycles. The summed E-state index contributed by atoms with van der Waals surface area (Å²) in [5, 5.41) is 19.1. The van der Waals surface area contributed by atoms with Crippen molar-refractivity contribution in [3.63, 3.8) is 0 Å². The number of nitrogens with one attached hydrogen (secondary N) is 1. The van der Waals surface area contributed by atoms with Crippen molar-refractivity contribution in [3.8, 4) is 0 Å². The van der Waals surface area contributed by atoms with E-state index < -0.39 is 23.5 Å². The molecule has 0 spiro atoms. The smallest absolute Gasteiger partial charge is 0.352 e. The highest BCUT2D eigenvalue weighted by molar-refractivity contribution is 6.03. The Morgan fingerprint density at radius 2 is 1.77 bits per heavy atom. The molecule has 0 aromatic rings. The van der Waals surface area contributed by atoms with Gasteiger partial charge < -0.3 is 15.5 Å². The number of hydrogen-bond acceptors (Lipinski definition) is 3. The third kappa shape index (κ3) is 1.84. The maximum Gasteiger partial charge on any atom is 0.352 e. The zero-order chi connectivity index (χ0) is 10.0. The van der Waals surface area contributed by atoms with Crippen molar-refractivity contribution in [2.24, 2.45) is 0 Å². The number of carboxylic acid groups (broad SMARTS) is 2. The minimum atomic E-state index is -1.43. The number of hydrogen-bond donors (Lipinski definition) is 3. The molecule has 0 unspecified atom stereocenters. The Morgan fingerprint density at radius 1 is 1.15 bits per heavy atom. The predicted octanol–water partition coefficient (Wildman–Crippen LogP) is -0.680. The molecule has 0 atom stereocenters. The first kappa shape index (κ1) is 9.24. The van der Waals surface area contributed by atoms with E-state index in [1.807, 2.05) is 5.32 Å². The average Bonchev–Trinajstić information content (AvgIpc) is 2.03. The Hall–Kier alpha value is -1.85. The van der Waals surface area contributed by atoms with Crippen LogP contribution >= 0.6 is 0 Å². The lowest BCUT2D eigenvalue weighted by Gasteiger charge is -2.14. The Bertz CT molecular complexity index is 317. The summed E-state index contributed by atoms with van der Waals surface area (Å²) < 4.78 is 0. The van der Waals surface area contributed by atoms with E-state index >= 15 is 0 Å². The van der Waals surface area contributed by atoms with E-state index in [1.165, 1.54) is 0 Å². The number of carboxylic acids is 2. The van der Waals surface area contributed by atoms with Gasteiger partial charge in [0.25, 0.3) is 0 Å². The molecule has 70 valence electrons. The second-order valence-electron chi connectivity index (χ2n) is 2.51. The first-order valence-corrected chi connectivity index (χ1v) is 3.52. The van der Waals surface area contributed by atoms with E-state index in [4.69, 9.17) is 10.2 Å². The van der Waals surface area contributed by atoms with Crippen molar-refractivity contribution in [2.75, 3.05) is 0 Å². The molecule has 13 heavy (non-hydrogen) atoms. The molecular weight excluding hydrogens is 178 g/mol. The van der Waals surface area contributed by atoms with Gasteiger partial charge in [0.05, 0.1) is 5.57 Å². The standard InChI is InChI=1S/C7H7NO5/c9-4-2-1-3(6(10)11)5(8-4)7(12)13/h1-2H2,(H,8,9)(H,10,11)(H,12,13). The van der Waals surface area contributed by atoms with E-state index in [-0.39, 0.29) is 18.4 Å². The maximum absolute atomic E-state index is 10.7. The lowest BCUT2D eigenvalue weighted by molar-refractivity contribution is -0.137. The number of carbonyl (C=O) groups is 3. The number of aliphatic carboxylic acids is 2. The van der Waals surface area contributed by atoms with Crippen LogP contribution in [0.2, 0.25) is 0 Å². The molecule has 1 rings (SSSR count). The topological polar surface area (TPSA) is 104 Å². The van der Waals surface area contributed by atoms with Gasteiger partial charge in [-0.15, -0.1) is 0 Å². The molecule has 6 nitrogen and oxygen atoms in total. The maximum atomic E-state index is 10.7. The van der Waals surface area contributed by atoms with E-state index in [0.29, 0.717) is 0 Å². The van der Waals surface area contributed by atoms with Gasteiger partial charge in [-0.05, 0) is 6.42 Å². The molecule has 0 saturated heterocycles.